The third-order valence-corrected chi connectivity index (χ3v) is 4.06. The molecule has 1 aromatic carbocycles. The molecule has 0 atom stereocenters. The van der Waals surface area contributed by atoms with Crippen LogP contribution in [0.15, 0.2) is 53.1 Å². The Hall–Kier alpha value is -1.52. The Balaban J connectivity index is 1.77. The molecule has 2 aromatic rings. The molecule has 4 heteroatoms. The van der Waals surface area contributed by atoms with Crippen LogP contribution in [-0.4, -0.2) is 35.8 Å². The molecule has 110 valence electrons. The maximum atomic E-state index is 12.2. The topological polar surface area (TPSA) is 33.2 Å². The van der Waals surface area contributed by atoms with Crippen molar-refractivity contribution in [2.45, 2.75) is 12.8 Å². The summed E-state index contributed by atoms with van der Waals surface area (Å²) in [5, 5.41) is 0. The second-order valence-electron chi connectivity index (χ2n) is 5.03. The fourth-order valence-corrected chi connectivity index (χ4v) is 2.58. The largest absolute Gasteiger partial charge is 0.306 e. The van der Waals surface area contributed by atoms with E-state index in [-0.39, 0.29) is 5.78 Å². The van der Waals surface area contributed by atoms with Gasteiger partial charge in [-0.15, -0.1) is 0 Å². The molecule has 0 aliphatic rings. The van der Waals surface area contributed by atoms with Gasteiger partial charge < -0.3 is 4.90 Å². The summed E-state index contributed by atoms with van der Waals surface area (Å²) in [5.74, 6) is 0.173. The summed E-state index contributed by atoms with van der Waals surface area (Å²) in [6.07, 6.45) is 3.24. The fraction of sp³-hybridized carbons (Fsp3) is 0.294. The van der Waals surface area contributed by atoms with Crippen molar-refractivity contribution in [3.05, 3.63) is 64.4 Å². The van der Waals surface area contributed by atoms with Crippen molar-refractivity contribution >= 4 is 21.7 Å². The van der Waals surface area contributed by atoms with E-state index in [1.807, 2.05) is 55.7 Å². The molecule has 0 fully saturated rings. The lowest BCUT2D eigenvalue weighted by Gasteiger charge is -2.16. The van der Waals surface area contributed by atoms with Crippen LogP contribution < -0.4 is 0 Å². The average molecular weight is 347 g/mol. The van der Waals surface area contributed by atoms with Gasteiger partial charge in [0.1, 0.15) is 0 Å². The standard InChI is InChI=1S/C17H19BrN2O/c1-20(12-9-14-6-4-5-11-19-14)13-10-17(21)15-7-2-3-8-16(15)18/h2-8,11H,9-10,12-13H2,1H3. The van der Waals surface area contributed by atoms with Gasteiger partial charge in [-0.3, -0.25) is 9.78 Å². The zero-order valence-corrected chi connectivity index (χ0v) is 13.7. The van der Waals surface area contributed by atoms with Crippen molar-refractivity contribution in [1.82, 2.24) is 9.88 Å². The molecule has 0 saturated carbocycles. The second kappa shape index (κ2) is 8.05. The highest BCUT2D eigenvalue weighted by atomic mass is 79.9. The molecule has 0 amide bonds. The number of hydrogen-bond donors (Lipinski definition) is 0. The van der Waals surface area contributed by atoms with E-state index in [1.54, 1.807) is 0 Å². The van der Waals surface area contributed by atoms with Crippen LogP contribution in [0.25, 0.3) is 0 Å². The minimum absolute atomic E-state index is 0.173. The smallest absolute Gasteiger partial charge is 0.165 e. The Kier molecular flexibility index (Phi) is 6.08. The first-order valence-electron chi connectivity index (χ1n) is 7.03. The molecule has 0 N–H and O–H groups in total. The van der Waals surface area contributed by atoms with Crippen LogP contribution in [0, 0.1) is 0 Å². The van der Waals surface area contributed by atoms with Crippen LogP contribution >= 0.6 is 15.9 Å². The first kappa shape index (κ1) is 15.9. The molecule has 1 aromatic heterocycles. The van der Waals surface area contributed by atoms with Crippen molar-refractivity contribution in [2.24, 2.45) is 0 Å². The zero-order chi connectivity index (χ0) is 15.1. The summed E-state index contributed by atoms with van der Waals surface area (Å²) in [6.45, 7) is 1.66. The van der Waals surface area contributed by atoms with E-state index >= 15 is 0 Å². The SMILES string of the molecule is CN(CCC(=O)c1ccccc1Br)CCc1ccccn1. The predicted molar refractivity (Wildman–Crippen MR) is 88.5 cm³/mol. The van der Waals surface area contributed by atoms with Gasteiger partial charge in [-0.05, 0) is 25.2 Å². The van der Waals surface area contributed by atoms with E-state index in [9.17, 15) is 4.79 Å². The van der Waals surface area contributed by atoms with Gasteiger partial charge >= 0.3 is 0 Å². The van der Waals surface area contributed by atoms with E-state index in [0.717, 1.165) is 35.2 Å². The molecule has 0 unspecified atom stereocenters. The molecule has 3 nitrogen and oxygen atoms in total. The van der Waals surface area contributed by atoms with E-state index in [1.165, 1.54) is 0 Å². The van der Waals surface area contributed by atoms with Gasteiger partial charge in [0.15, 0.2) is 5.78 Å². The number of halogens is 1. The van der Waals surface area contributed by atoms with Gasteiger partial charge in [-0.25, -0.2) is 0 Å². The highest BCUT2D eigenvalue weighted by Crippen LogP contribution is 2.17. The number of rotatable bonds is 7. The zero-order valence-electron chi connectivity index (χ0n) is 12.1. The molecule has 0 aliphatic carbocycles. The summed E-state index contributed by atoms with van der Waals surface area (Å²) < 4.78 is 0.867. The Labute approximate surface area is 134 Å². The lowest BCUT2D eigenvalue weighted by Crippen LogP contribution is -2.24. The van der Waals surface area contributed by atoms with Gasteiger partial charge in [0.25, 0.3) is 0 Å². The minimum atomic E-state index is 0.173. The maximum Gasteiger partial charge on any atom is 0.165 e. The number of aromatic nitrogens is 1. The number of pyridine rings is 1. The number of Topliss-reactive ketones (excluding diaryl/α,β-unsaturated/α-hetero) is 1. The highest BCUT2D eigenvalue weighted by Gasteiger charge is 2.10. The van der Waals surface area contributed by atoms with Crippen molar-refractivity contribution < 1.29 is 4.79 Å². The number of nitrogens with zero attached hydrogens (tertiary/aromatic N) is 2. The van der Waals surface area contributed by atoms with Crippen molar-refractivity contribution in [2.75, 3.05) is 20.1 Å². The van der Waals surface area contributed by atoms with Gasteiger partial charge in [0, 0.05) is 47.9 Å². The molecule has 2 rings (SSSR count). The molecule has 0 bridgehead atoms. The fourth-order valence-electron chi connectivity index (χ4n) is 2.08. The third-order valence-electron chi connectivity index (χ3n) is 3.37. The van der Waals surface area contributed by atoms with Crippen molar-refractivity contribution in [3.8, 4) is 0 Å². The number of benzene rings is 1. The van der Waals surface area contributed by atoms with Crippen LogP contribution in [0.1, 0.15) is 22.5 Å². The molecule has 0 radical (unpaired) electrons. The van der Waals surface area contributed by atoms with E-state index in [4.69, 9.17) is 0 Å². The highest BCUT2D eigenvalue weighted by molar-refractivity contribution is 9.10. The molecule has 21 heavy (non-hydrogen) atoms. The quantitative estimate of drug-likeness (QED) is 0.718. The number of ketones is 1. The lowest BCUT2D eigenvalue weighted by molar-refractivity contribution is 0.0968. The number of carbonyl (C=O) groups is 1. The first-order chi connectivity index (χ1) is 10.2. The number of carbonyl (C=O) groups excluding carboxylic acids is 1. The van der Waals surface area contributed by atoms with Crippen molar-refractivity contribution in [3.63, 3.8) is 0 Å². The summed E-state index contributed by atoms with van der Waals surface area (Å²) in [7, 11) is 2.04. The minimum Gasteiger partial charge on any atom is -0.306 e. The van der Waals surface area contributed by atoms with Crippen LogP contribution in [0.4, 0.5) is 0 Å². The van der Waals surface area contributed by atoms with Gasteiger partial charge in [0.05, 0.1) is 0 Å². The average Bonchev–Trinajstić information content (AvgIpc) is 2.52. The van der Waals surface area contributed by atoms with Crippen LogP contribution in [0.2, 0.25) is 0 Å². The summed E-state index contributed by atoms with van der Waals surface area (Å²) >= 11 is 3.42. The van der Waals surface area contributed by atoms with Gasteiger partial charge in [0.2, 0.25) is 0 Å². The Bertz CT molecular complexity index is 586. The lowest BCUT2D eigenvalue weighted by atomic mass is 10.1. The molecule has 1 heterocycles. The van der Waals surface area contributed by atoms with E-state index in [2.05, 4.69) is 25.8 Å². The number of likely N-dealkylation sites (N-methyl/N-ethyl adjacent to an activating group) is 1. The monoisotopic (exact) mass is 346 g/mol. The van der Waals surface area contributed by atoms with Crippen LogP contribution in [-0.2, 0) is 6.42 Å². The first-order valence-corrected chi connectivity index (χ1v) is 7.82. The Morgan fingerprint density at radius 2 is 1.90 bits per heavy atom. The normalized spacial score (nSPS) is 10.8. The molecular formula is C17H19BrN2O. The Morgan fingerprint density at radius 3 is 2.62 bits per heavy atom. The van der Waals surface area contributed by atoms with Crippen LogP contribution in [0.5, 0.6) is 0 Å². The molecule has 0 aliphatic heterocycles. The molecular weight excluding hydrogens is 328 g/mol. The predicted octanol–water partition coefficient (Wildman–Crippen LogP) is 3.59. The van der Waals surface area contributed by atoms with E-state index in [0.29, 0.717) is 6.42 Å². The van der Waals surface area contributed by atoms with E-state index < -0.39 is 0 Å². The summed E-state index contributed by atoms with van der Waals surface area (Å²) in [4.78, 5) is 18.7. The molecule has 0 spiro atoms. The summed E-state index contributed by atoms with van der Waals surface area (Å²) in [6, 6.07) is 13.5. The van der Waals surface area contributed by atoms with Gasteiger partial charge in [-0.1, -0.05) is 40.2 Å². The second-order valence-corrected chi connectivity index (χ2v) is 5.88. The number of hydrogen-bond acceptors (Lipinski definition) is 3. The third kappa shape index (κ3) is 5.06. The van der Waals surface area contributed by atoms with Crippen LogP contribution in [0.3, 0.4) is 0 Å². The Morgan fingerprint density at radius 1 is 1.14 bits per heavy atom. The maximum absolute atomic E-state index is 12.2. The van der Waals surface area contributed by atoms with Crippen molar-refractivity contribution in [1.29, 1.82) is 0 Å². The van der Waals surface area contributed by atoms with Gasteiger partial charge in [-0.2, -0.15) is 0 Å². The molecule has 0 saturated heterocycles. The summed E-state index contributed by atoms with van der Waals surface area (Å²) in [5.41, 5.74) is 1.84.